The smallest absolute Gasteiger partial charge is 0.255 e. The summed E-state index contributed by atoms with van der Waals surface area (Å²) in [5, 5.41) is 2.87. The van der Waals surface area contributed by atoms with E-state index in [1.54, 1.807) is 26.2 Å². The number of benzene rings is 1. The molecule has 7 heteroatoms. The van der Waals surface area contributed by atoms with Gasteiger partial charge in [0.2, 0.25) is 0 Å². The van der Waals surface area contributed by atoms with Gasteiger partial charge in [-0.1, -0.05) is 0 Å². The van der Waals surface area contributed by atoms with Crippen LogP contribution >= 0.6 is 0 Å². The Bertz CT molecular complexity index is 914. The van der Waals surface area contributed by atoms with Crippen LogP contribution in [-0.4, -0.2) is 32.0 Å². The van der Waals surface area contributed by atoms with Crippen molar-refractivity contribution in [1.82, 2.24) is 5.32 Å². The van der Waals surface area contributed by atoms with Gasteiger partial charge in [-0.25, -0.2) is 0 Å². The Balaban J connectivity index is 1.57. The lowest BCUT2D eigenvalue weighted by molar-refractivity contribution is 0.0925. The highest BCUT2D eigenvalue weighted by molar-refractivity contribution is 6.10. The van der Waals surface area contributed by atoms with E-state index in [2.05, 4.69) is 5.32 Å². The minimum absolute atomic E-state index is 0.0323. The number of hydrogen-bond donors (Lipinski definition) is 1. The first-order chi connectivity index (χ1) is 13.1. The number of fused-ring (bicyclic) bond motifs is 2. The molecule has 0 radical (unpaired) electrons. The first kappa shape index (κ1) is 17.5. The van der Waals surface area contributed by atoms with Crippen molar-refractivity contribution in [2.45, 2.75) is 32.7 Å². The van der Waals surface area contributed by atoms with Crippen molar-refractivity contribution in [1.29, 1.82) is 0 Å². The third-order valence-corrected chi connectivity index (χ3v) is 4.86. The summed E-state index contributed by atoms with van der Waals surface area (Å²) in [4.78, 5) is 25.1. The normalized spacial score (nSPS) is 15.3. The molecule has 0 unspecified atom stereocenters. The minimum Gasteiger partial charge on any atom is -0.496 e. The summed E-state index contributed by atoms with van der Waals surface area (Å²) in [6, 6.07) is 3.56. The summed E-state index contributed by atoms with van der Waals surface area (Å²) in [5.41, 5.74) is 1.54. The molecule has 7 nitrogen and oxygen atoms in total. The molecule has 0 bridgehead atoms. The summed E-state index contributed by atoms with van der Waals surface area (Å²) in [6.07, 6.45) is 1.89. The van der Waals surface area contributed by atoms with E-state index in [9.17, 15) is 9.59 Å². The van der Waals surface area contributed by atoms with Crippen LogP contribution in [0, 0.1) is 6.92 Å². The highest BCUT2D eigenvalue weighted by Crippen LogP contribution is 2.37. The van der Waals surface area contributed by atoms with Crippen molar-refractivity contribution in [2.75, 3.05) is 20.3 Å². The number of ketones is 1. The number of ether oxygens (including phenoxy) is 3. The highest BCUT2D eigenvalue weighted by Gasteiger charge is 2.30. The number of aryl methyl sites for hydroxylation is 2. The molecule has 1 N–H and O–H groups in total. The molecule has 0 atom stereocenters. The Morgan fingerprint density at radius 3 is 2.67 bits per heavy atom. The van der Waals surface area contributed by atoms with E-state index in [1.165, 1.54) is 0 Å². The summed E-state index contributed by atoms with van der Waals surface area (Å²) in [7, 11) is 1.56. The zero-order chi connectivity index (χ0) is 19.0. The van der Waals surface area contributed by atoms with Crippen LogP contribution in [0.5, 0.6) is 17.2 Å². The van der Waals surface area contributed by atoms with E-state index in [0.29, 0.717) is 66.0 Å². The van der Waals surface area contributed by atoms with Gasteiger partial charge in [0.25, 0.3) is 5.91 Å². The van der Waals surface area contributed by atoms with Crippen molar-refractivity contribution in [3.8, 4) is 17.2 Å². The molecule has 1 aliphatic carbocycles. The van der Waals surface area contributed by atoms with Crippen LogP contribution in [0.15, 0.2) is 16.5 Å². The van der Waals surface area contributed by atoms with Gasteiger partial charge in [-0.15, -0.1) is 0 Å². The average molecular weight is 371 g/mol. The summed E-state index contributed by atoms with van der Waals surface area (Å²) in [5.74, 6) is 2.57. The second kappa shape index (κ2) is 6.98. The van der Waals surface area contributed by atoms with Crippen molar-refractivity contribution >= 4 is 11.7 Å². The summed E-state index contributed by atoms with van der Waals surface area (Å²) in [6.45, 7) is 2.91. The van der Waals surface area contributed by atoms with Gasteiger partial charge < -0.3 is 23.9 Å². The van der Waals surface area contributed by atoms with Crippen LogP contribution < -0.4 is 19.5 Å². The Morgan fingerprint density at radius 1 is 1.19 bits per heavy atom. The average Bonchev–Trinajstić information content (AvgIpc) is 3.02. The number of methoxy groups -OCH3 is 1. The van der Waals surface area contributed by atoms with Gasteiger partial charge in [0.05, 0.1) is 18.2 Å². The van der Waals surface area contributed by atoms with Crippen LogP contribution in [0.3, 0.4) is 0 Å². The molecule has 1 aliphatic heterocycles. The van der Waals surface area contributed by atoms with E-state index in [1.807, 2.05) is 0 Å². The van der Waals surface area contributed by atoms with Crippen LogP contribution in [0.2, 0.25) is 0 Å². The van der Waals surface area contributed by atoms with Gasteiger partial charge in [-0.3, -0.25) is 9.59 Å². The first-order valence-electron chi connectivity index (χ1n) is 8.98. The van der Waals surface area contributed by atoms with E-state index < -0.39 is 0 Å². The molecule has 2 heterocycles. The molecular weight excluding hydrogens is 350 g/mol. The zero-order valence-electron chi connectivity index (χ0n) is 15.3. The van der Waals surface area contributed by atoms with Crippen molar-refractivity contribution in [3.63, 3.8) is 0 Å². The molecule has 2 aliphatic rings. The maximum Gasteiger partial charge on any atom is 0.255 e. The van der Waals surface area contributed by atoms with Crippen molar-refractivity contribution < 1.29 is 28.2 Å². The number of Topliss-reactive ketones (excluding diaryl/α,β-unsaturated/α-hetero) is 1. The highest BCUT2D eigenvalue weighted by atomic mass is 16.6. The lowest BCUT2D eigenvalue weighted by Crippen LogP contribution is -2.26. The maximum absolute atomic E-state index is 12.8. The molecule has 1 aromatic carbocycles. The summed E-state index contributed by atoms with van der Waals surface area (Å²) >= 11 is 0. The largest absolute Gasteiger partial charge is 0.496 e. The Hall–Kier alpha value is -2.96. The van der Waals surface area contributed by atoms with Gasteiger partial charge in [0.15, 0.2) is 17.3 Å². The van der Waals surface area contributed by atoms with Gasteiger partial charge >= 0.3 is 0 Å². The van der Waals surface area contributed by atoms with Crippen LogP contribution in [0.4, 0.5) is 0 Å². The Kier molecular flexibility index (Phi) is 4.51. The number of nitrogens with one attached hydrogen (secondary N) is 1. The number of rotatable bonds is 4. The molecule has 0 saturated carbocycles. The molecule has 142 valence electrons. The lowest BCUT2D eigenvalue weighted by atomic mass is 9.93. The van der Waals surface area contributed by atoms with Crippen molar-refractivity contribution in [3.05, 3.63) is 40.3 Å². The van der Waals surface area contributed by atoms with Gasteiger partial charge in [-0.05, 0) is 19.4 Å². The zero-order valence-corrected chi connectivity index (χ0v) is 15.3. The number of hydrogen-bond acceptors (Lipinski definition) is 6. The van der Waals surface area contributed by atoms with E-state index in [4.69, 9.17) is 18.6 Å². The number of furan rings is 1. The molecule has 27 heavy (non-hydrogen) atoms. The Labute approximate surface area is 156 Å². The third kappa shape index (κ3) is 3.13. The van der Waals surface area contributed by atoms with E-state index in [0.717, 1.165) is 12.0 Å². The predicted octanol–water partition coefficient (Wildman–Crippen LogP) is 2.82. The SMILES string of the molecule is COc1cc2c(cc1CNC(=O)c1c(C)oc3c1C(=O)CCC3)OCCO2. The van der Waals surface area contributed by atoms with Gasteiger partial charge in [0.1, 0.15) is 30.5 Å². The van der Waals surface area contributed by atoms with Gasteiger partial charge in [-0.2, -0.15) is 0 Å². The molecule has 0 fully saturated rings. The number of carbonyl (C=O) groups excluding carboxylic acids is 2. The number of amides is 1. The van der Waals surface area contributed by atoms with Gasteiger partial charge in [0, 0.05) is 31.0 Å². The second-order valence-electron chi connectivity index (χ2n) is 6.60. The van der Waals surface area contributed by atoms with Crippen molar-refractivity contribution in [2.24, 2.45) is 0 Å². The van der Waals surface area contributed by atoms with Crippen LogP contribution in [0.25, 0.3) is 0 Å². The van der Waals surface area contributed by atoms with Crippen LogP contribution in [0.1, 0.15) is 50.6 Å². The minimum atomic E-state index is -0.329. The fraction of sp³-hybridized carbons (Fsp3) is 0.400. The quantitative estimate of drug-likeness (QED) is 0.889. The Morgan fingerprint density at radius 2 is 1.93 bits per heavy atom. The second-order valence-corrected chi connectivity index (χ2v) is 6.60. The standard InChI is InChI=1S/C20H21NO6/c1-11-18(19-13(22)4-3-5-14(19)27-11)20(23)21-10-12-8-16-17(9-15(12)24-2)26-7-6-25-16/h8-9H,3-7,10H2,1-2H3,(H,21,23). The van der Waals surface area contributed by atoms with Crippen LogP contribution in [-0.2, 0) is 13.0 Å². The molecular formula is C20H21NO6. The molecule has 0 spiro atoms. The summed E-state index contributed by atoms with van der Waals surface area (Å²) < 4.78 is 22.2. The first-order valence-corrected chi connectivity index (χ1v) is 8.98. The maximum atomic E-state index is 12.8. The monoisotopic (exact) mass is 371 g/mol. The number of carbonyl (C=O) groups is 2. The fourth-order valence-corrected chi connectivity index (χ4v) is 3.59. The van der Waals surface area contributed by atoms with E-state index in [-0.39, 0.29) is 18.2 Å². The predicted molar refractivity (Wildman–Crippen MR) is 95.9 cm³/mol. The molecule has 0 saturated heterocycles. The fourth-order valence-electron chi connectivity index (χ4n) is 3.59. The lowest BCUT2D eigenvalue weighted by Gasteiger charge is -2.21. The van der Waals surface area contributed by atoms with E-state index >= 15 is 0 Å². The molecule has 2 aromatic rings. The molecule has 4 rings (SSSR count). The molecule has 1 aromatic heterocycles. The topological polar surface area (TPSA) is 87.0 Å². The molecule has 1 amide bonds. The third-order valence-electron chi connectivity index (χ3n) is 4.86.